The maximum absolute atomic E-state index is 12.4. The molecule has 10 heteroatoms. The molecule has 2 atom stereocenters. The van der Waals surface area contributed by atoms with Crippen molar-refractivity contribution < 1.29 is 27.9 Å². The highest BCUT2D eigenvalue weighted by Gasteiger charge is 2.41. The van der Waals surface area contributed by atoms with Crippen molar-refractivity contribution >= 4 is 21.4 Å². The van der Waals surface area contributed by atoms with Crippen LogP contribution in [0.3, 0.4) is 0 Å². The summed E-state index contributed by atoms with van der Waals surface area (Å²) in [5.74, 6) is 0.0948. The fourth-order valence-electron chi connectivity index (χ4n) is 2.94. The van der Waals surface area contributed by atoms with Gasteiger partial charge in [-0.15, -0.1) is 0 Å². The van der Waals surface area contributed by atoms with Crippen molar-refractivity contribution in [2.45, 2.75) is 18.6 Å². The van der Waals surface area contributed by atoms with E-state index in [4.69, 9.17) is 4.42 Å². The number of hydrogen-bond acceptors (Lipinski definition) is 6. The summed E-state index contributed by atoms with van der Waals surface area (Å²) >= 11 is 0. The second kappa shape index (κ2) is 7.26. The number of nitrogens with one attached hydrogen (secondary N) is 1. The summed E-state index contributed by atoms with van der Waals surface area (Å²) in [7, 11) is -3.25. The Hall–Kier alpha value is -2.72. The Kier molecular flexibility index (Phi) is 5.05. The molecule has 1 fully saturated rings. The maximum Gasteiger partial charge on any atom is 0.269 e. The Morgan fingerprint density at radius 1 is 1.27 bits per heavy atom. The second-order valence-corrected chi connectivity index (χ2v) is 8.30. The number of benzene rings is 1. The van der Waals surface area contributed by atoms with E-state index in [2.05, 4.69) is 5.32 Å². The molecule has 0 aliphatic carbocycles. The normalized spacial score (nSPS) is 21.4. The van der Waals surface area contributed by atoms with Gasteiger partial charge in [-0.05, 0) is 24.3 Å². The molecule has 0 bridgehead atoms. The molecule has 1 aliphatic rings. The molecule has 1 aliphatic heterocycles. The number of quaternary nitrogens is 1. The molecule has 2 heterocycles. The molecule has 9 nitrogen and oxygen atoms in total. The molecular formula is C16H18N3O6S+. The SMILES string of the molecule is O=C(N[C@H]1CS(=O)(=O)C[C@H]1[NH2+]Cc1ccco1)c1ccc([N+](=O)[O-])cc1. The fraction of sp³-hybridized carbons (Fsp3) is 0.312. The smallest absolute Gasteiger partial charge is 0.269 e. The van der Waals surface area contributed by atoms with Crippen molar-refractivity contribution in [3.05, 3.63) is 64.1 Å². The Morgan fingerprint density at radius 3 is 2.62 bits per heavy atom. The molecule has 26 heavy (non-hydrogen) atoms. The molecule has 1 amide bonds. The van der Waals surface area contributed by atoms with Crippen molar-refractivity contribution in [2.75, 3.05) is 11.5 Å². The van der Waals surface area contributed by atoms with Crippen LogP contribution >= 0.6 is 0 Å². The lowest BCUT2D eigenvalue weighted by Gasteiger charge is -2.17. The van der Waals surface area contributed by atoms with E-state index in [1.54, 1.807) is 18.4 Å². The monoisotopic (exact) mass is 380 g/mol. The standard InChI is InChI=1S/C16H17N3O6S/c20-16(11-3-5-12(6-4-11)19(21)22)18-15-10-26(23,24)9-14(15)17-8-13-2-1-7-25-13/h1-7,14-15,17H,8-10H2,(H,18,20)/p+1/t14-,15+/m1/s1. The number of nitro benzene ring substituents is 1. The third-order valence-corrected chi connectivity index (χ3v) is 6.02. The number of nitrogens with two attached hydrogens (primary N) is 1. The van der Waals surface area contributed by atoms with Gasteiger partial charge in [-0.3, -0.25) is 14.9 Å². The Bertz CT molecular complexity index is 893. The van der Waals surface area contributed by atoms with Crippen LogP contribution in [0.15, 0.2) is 47.1 Å². The van der Waals surface area contributed by atoms with Crippen LogP contribution in [-0.4, -0.2) is 42.8 Å². The first kappa shape index (κ1) is 18.1. The van der Waals surface area contributed by atoms with E-state index in [0.717, 1.165) is 5.76 Å². The van der Waals surface area contributed by atoms with Gasteiger partial charge in [0.25, 0.3) is 11.6 Å². The molecule has 3 N–H and O–H groups in total. The summed E-state index contributed by atoms with van der Waals surface area (Å²) in [6, 6.07) is 7.84. The zero-order valence-corrected chi connectivity index (χ0v) is 14.5. The molecule has 0 unspecified atom stereocenters. The van der Waals surface area contributed by atoms with Gasteiger partial charge in [0.2, 0.25) is 0 Å². The first-order chi connectivity index (χ1) is 12.3. The number of sulfone groups is 1. The third kappa shape index (κ3) is 4.27. The summed E-state index contributed by atoms with van der Waals surface area (Å²) in [6.45, 7) is 0.469. The average Bonchev–Trinajstić information content (AvgIpc) is 3.20. The van der Waals surface area contributed by atoms with E-state index in [1.165, 1.54) is 24.3 Å². The molecule has 1 saturated heterocycles. The van der Waals surface area contributed by atoms with Gasteiger partial charge in [0.15, 0.2) is 15.6 Å². The van der Waals surface area contributed by atoms with Gasteiger partial charge in [0, 0.05) is 17.7 Å². The quantitative estimate of drug-likeness (QED) is 0.528. The van der Waals surface area contributed by atoms with Crippen molar-refractivity contribution in [2.24, 2.45) is 0 Å². The van der Waals surface area contributed by atoms with Gasteiger partial charge < -0.3 is 15.1 Å². The largest absolute Gasteiger partial charge is 0.463 e. The Balaban J connectivity index is 1.67. The van der Waals surface area contributed by atoms with Crippen LogP contribution < -0.4 is 10.6 Å². The summed E-state index contributed by atoms with van der Waals surface area (Å²) in [4.78, 5) is 22.5. The van der Waals surface area contributed by atoms with Crippen LogP contribution in [0.2, 0.25) is 0 Å². The van der Waals surface area contributed by atoms with Crippen LogP contribution in [0.1, 0.15) is 16.1 Å². The van der Waals surface area contributed by atoms with Crippen molar-refractivity contribution in [1.29, 1.82) is 0 Å². The lowest BCUT2D eigenvalue weighted by molar-refractivity contribution is -0.702. The number of carbonyl (C=O) groups is 1. The number of hydrogen-bond donors (Lipinski definition) is 2. The molecule has 138 valence electrons. The van der Waals surface area contributed by atoms with Gasteiger partial charge in [0.05, 0.1) is 23.0 Å². The minimum absolute atomic E-state index is 0.0289. The van der Waals surface area contributed by atoms with Gasteiger partial charge in [-0.2, -0.15) is 0 Å². The number of carbonyl (C=O) groups excluding carboxylic acids is 1. The van der Waals surface area contributed by atoms with E-state index in [-0.39, 0.29) is 28.8 Å². The zero-order chi connectivity index (χ0) is 18.7. The molecule has 1 aromatic heterocycles. The summed E-state index contributed by atoms with van der Waals surface area (Å²) in [5.41, 5.74) is 0.124. The van der Waals surface area contributed by atoms with E-state index >= 15 is 0 Å². The Morgan fingerprint density at radius 2 is 2.00 bits per heavy atom. The van der Waals surface area contributed by atoms with Gasteiger partial charge in [0.1, 0.15) is 18.3 Å². The van der Waals surface area contributed by atoms with E-state index in [9.17, 15) is 23.3 Å². The average molecular weight is 380 g/mol. The predicted molar refractivity (Wildman–Crippen MR) is 91.1 cm³/mol. The van der Waals surface area contributed by atoms with Crippen molar-refractivity contribution in [1.82, 2.24) is 5.32 Å². The predicted octanol–water partition coefficient (Wildman–Crippen LogP) is -0.153. The third-order valence-electron chi connectivity index (χ3n) is 4.26. The van der Waals surface area contributed by atoms with Gasteiger partial charge >= 0.3 is 0 Å². The van der Waals surface area contributed by atoms with Crippen LogP contribution in [0.4, 0.5) is 5.69 Å². The summed E-state index contributed by atoms with van der Waals surface area (Å²) < 4.78 is 29.2. The lowest BCUT2D eigenvalue weighted by Crippen LogP contribution is -2.92. The highest BCUT2D eigenvalue weighted by molar-refractivity contribution is 7.91. The molecule has 2 aromatic rings. The second-order valence-electron chi connectivity index (χ2n) is 6.14. The highest BCUT2D eigenvalue weighted by Crippen LogP contribution is 2.14. The van der Waals surface area contributed by atoms with Crippen LogP contribution in [-0.2, 0) is 16.4 Å². The Labute approximate surface area is 149 Å². The number of non-ortho nitro benzene ring substituents is 1. The summed E-state index contributed by atoms with van der Waals surface area (Å²) in [5, 5.41) is 15.2. The van der Waals surface area contributed by atoms with Crippen molar-refractivity contribution in [3.8, 4) is 0 Å². The molecule has 0 spiro atoms. The molecule has 0 radical (unpaired) electrons. The van der Waals surface area contributed by atoms with Crippen molar-refractivity contribution in [3.63, 3.8) is 0 Å². The van der Waals surface area contributed by atoms with Gasteiger partial charge in [-0.1, -0.05) is 0 Å². The number of amides is 1. The van der Waals surface area contributed by atoms with E-state index in [0.29, 0.717) is 6.54 Å². The first-order valence-electron chi connectivity index (χ1n) is 7.95. The zero-order valence-electron chi connectivity index (χ0n) is 13.7. The number of furan rings is 1. The minimum Gasteiger partial charge on any atom is -0.463 e. The fourth-order valence-corrected chi connectivity index (χ4v) is 4.91. The molecule has 1 aromatic carbocycles. The van der Waals surface area contributed by atoms with Crippen LogP contribution in [0, 0.1) is 10.1 Å². The van der Waals surface area contributed by atoms with Crippen LogP contribution in [0.25, 0.3) is 0 Å². The maximum atomic E-state index is 12.4. The summed E-state index contributed by atoms with van der Waals surface area (Å²) in [6.07, 6.45) is 1.54. The molecule has 3 rings (SSSR count). The topological polar surface area (TPSA) is 136 Å². The highest BCUT2D eigenvalue weighted by atomic mass is 32.2. The molecular weight excluding hydrogens is 362 g/mol. The number of nitro groups is 1. The van der Waals surface area contributed by atoms with E-state index < -0.39 is 26.7 Å². The minimum atomic E-state index is -3.25. The van der Waals surface area contributed by atoms with Crippen LogP contribution in [0.5, 0.6) is 0 Å². The first-order valence-corrected chi connectivity index (χ1v) is 9.78. The lowest BCUT2D eigenvalue weighted by atomic mass is 10.1. The number of nitrogens with zero attached hydrogens (tertiary/aromatic N) is 1. The van der Waals surface area contributed by atoms with E-state index in [1.807, 2.05) is 5.32 Å². The number of rotatable bonds is 6. The molecule has 0 saturated carbocycles. The van der Waals surface area contributed by atoms with Gasteiger partial charge in [-0.25, -0.2) is 8.42 Å².